The Morgan fingerprint density at radius 2 is 0.867 bits per heavy atom. The van der Waals surface area contributed by atoms with E-state index in [0.29, 0.717) is 0 Å². The number of hydrogen-bond donors (Lipinski definition) is 0. The highest BCUT2D eigenvalue weighted by atomic mass is 16.3. The molecule has 1 aromatic heterocycles. The van der Waals surface area contributed by atoms with E-state index < -0.39 is 5.41 Å². The van der Waals surface area contributed by atoms with Gasteiger partial charge < -0.3 is 4.42 Å². The van der Waals surface area contributed by atoms with E-state index in [4.69, 9.17) is 4.42 Å². The third kappa shape index (κ3) is 3.74. The van der Waals surface area contributed by atoms with Crippen molar-refractivity contribution >= 4 is 21.9 Å². The van der Waals surface area contributed by atoms with Crippen LogP contribution in [-0.4, -0.2) is 0 Å². The van der Waals surface area contributed by atoms with Gasteiger partial charge in [0.2, 0.25) is 0 Å². The lowest BCUT2D eigenvalue weighted by molar-refractivity contribution is 0.667. The number of fused-ring (bicyclic) bond motifs is 6. The lowest BCUT2D eigenvalue weighted by atomic mass is 9.67. The third-order valence-corrected chi connectivity index (χ3v) is 9.73. The minimum absolute atomic E-state index is 0.441. The monoisotopic (exact) mass is 574 g/mol. The Morgan fingerprint density at radius 3 is 1.51 bits per heavy atom. The summed E-state index contributed by atoms with van der Waals surface area (Å²) in [6.45, 7) is 2.11. The molecule has 0 unspecified atom stereocenters. The molecule has 45 heavy (non-hydrogen) atoms. The van der Waals surface area contributed by atoms with Gasteiger partial charge in [-0.2, -0.15) is 0 Å². The first-order valence-electron chi connectivity index (χ1n) is 15.6. The van der Waals surface area contributed by atoms with Crippen LogP contribution < -0.4 is 0 Å². The van der Waals surface area contributed by atoms with Gasteiger partial charge >= 0.3 is 0 Å². The predicted molar refractivity (Wildman–Crippen MR) is 187 cm³/mol. The van der Waals surface area contributed by atoms with Crippen LogP contribution >= 0.6 is 0 Å². The van der Waals surface area contributed by atoms with E-state index in [0.717, 1.165) is 33.2 Å². The smallest absolute Gasteiger partial charge is 0.143 e. The van der Waals surface area contributed by atoms with E-state index in [9.17, 15) is 0 Å². The van der Waals surface area contributed by atoms with E-state index in [1.165, 1.54) is 49.9 Å². The summed E-state index contributed by atoms with van der Waals surface area (Å²) in [7, 11) is 0. The molecule has 9 rings (SSSR count). The van der Waals surface area contributed by atoms with Crippen molar-refractivity contribution in [1.82, 2.24) is 0 Å². The first kappa shape index (κ1) is 25.8. The third-order valence-electron chi connectivity index (χ3n) is 9.73. The molecule has 1 nitrogen and oxygen atoms in total. The molecular weight excluding hydrogens is 544 g/mol. The Balaban J connectivity index is 1.25. The molecule has 0 radical (unpaired) electrons. The Labute approximate surface area is 263 Å². The molecule has 0 amide bonds. The molecule has 7 aromatic carbocycles. The second-order valence-electron chi connectivity index (χ2n) is 12.1. The van der Waals surface area contributed by atoms with E-state index in [2.05, 4.69) is 171 Å². The maximum atomic E-state index is 6.53. The highest BCUT2D eigenvalue weighted by Gasteiger charge is 2.45. The number of rotatable bonds is 4. The largest absolute Gasteiger partial charge is 0.455 e. The first-order valence-corrected chi connectivity index (χ1v) is 15.6. The van der Waals surface area contributed by atoms with Gasteiger partial charge in [-0.05, 0) is 62.6 Å². The van der Waals surface area contributed by atoms with Gasteiger partial charge in [-0.3, -0.25) is 0 Å². The zero-order valence-corrected chi connectivity index (χ0v) is 25.0. The van der Waals surface area contributed by atoms with Crippen molar-refractivity contribution in [1.29, 1.82) is 0 Å². The molecule has 0 aliphatic heterocycles. The maximum absolute atomic E-state index is 6.53. The van der Waals surface area contributed by atoms with Crippen LogP contribution in [0.2, 0.25) is 0 Å². The van der Waals surface area contributed by atoms with E-state index in [1.807, 2.05) is 0 Å². The van der Waals surface area contributed by atoms with Crippen molar-refractivity contribution in [3.63, 3.8) is 0 Å². The Morgan fingerprint density at radius 1 is 0.378 bits per heavy atom. The summed E-state index contributed by atoms with van der Waals surface area (Å²) in [5.41, 5.74) is 15.1. The Bertz CT molecular complexity index is 2310. The molecule has 1 heteroatoms. The van der Waals surface area contributed by atoms with Crippen LogP contribution in [-0.2, 0) is 5.41 Å². The van der Waals surface area contributed by atoms with Gasteiger partial charge in [-0.15, -0.1) is 0 Å². The number of hydrogen-bond acceptors (Lipinski definition) is 1. The van der Waals surface area contributed by atoms with E-state index >= 15 is 0 Å². The molecular formula is C44H30O. The zero-order chi connectivity index (χ0) is 30.0. The quantitative estimate of drug-likeness (QED) is 0.204. The first-order chi connectivity index (χ1) is 22.2. The molecule has 0 saturated carbocycles. The molecule has 1 heterocycles. The molecule has 1 aliphatic rings. The lowest BCUT2D eigenvalue weighted by Gasteiger charge is -2.34. The van der Waals surface area contributed by atoms with Crippen LogP contribution in [0.4, 0.5) is 0 Å². The fourth-order valence-corrected chi connectivity index (χ4v) is 7.66. The molecule has 212 valence electrons. The van der Waals surface area contributed by atoms with Crippen molar-refractivity contribution in [2.75, 3.05) is 0 Å². The van der Waals surface area contributed by atoms with Crippen molar-refractivity contribution < 1.29 is 4.42 Å². The Kier molecular flexibility index (Phi) is 5.70. The average Bonchev–Trinajstić information content (AvgIpc) is 3.64. The minimum atomic E-state index is -0.441. The van der Waals surface area contributed by atoms with Crippen molar-refractivity contribution in [3.05, 3.63) is 192 Å². The van der Waals surface area contributed by atoms with Crippen molar-refractivity contribution in [3.8, 4) is 33.4 Å². The van der Waals surface area contributed by atoms with E-state index in [-0.39, 0.29) is 0 Å². The summed E-state index contributed by atoms with van der Waals surface area (Å²) in [6.07, 6.45) is 0. The average molecular weight is 575 g/mol. The fraction of sp³-hybridized carbons (Fsp3) is 0.0455. The number of furan rings is 1. The van der Waals surface area contributed by atoms with Gasteiger partial charge in [0.05, 0.1) is 5.41 Å². The minimum Gasteiger partial charge on any atom is -0.455 e. The number of para-hydroxylation sites is 2. The Hall–Kier alpha value is -5.66. The standard InChI is InChI=1S/C44H30O/c1-29-11-9-17-38-39-18-10-16-35(43(39)45-42(29)38)32-23-27-34(28-24-32)44(33-25-21-31(22-26-33)30-12-3-2-4-13-30)40-19-7-5-14-36(40)37-15-6-8-20-41(37)44/h2-28H,1H3. The van der Waals surface area contributed by atoms with Crippen LogP contribution in [0.1, 0.15) is 27.8 Å². The highest BCUT2D eigenvalue weighted by molar-refractivity contribution is 6.10. The molecule has 0 N–H and O–H groups in total. The van der Waals surface area contributed by atoms with Gasteiger partial charge in [-0.25, -0.2) is 0 Å². The normalized spacial score (nSPS) is 13.2. The molecule has 0 spiro atoms. The topological polar surface area (TPSA) is 13.1 Å². The van der Waals surface area contributed by atoms with Gasteiger partial charge in [0.15, 0.2) is 0 Å². The van der Waals surface area contributed by atoms with Crippen LogP contribution in [0.5, 0.6) is 0 Å². The van der Waals surface area contributed by atoms with Crippen LogP contribution in [0.3, 0.4) is 0 Å². The SMILES string of the molecule is Cc1cccc2c1oc1c(-c3ccc(C4(c5ccc(-c6ccccc6)cc5)c5ccccc5-c5ccccc54)cc3)cccc12. The van der Waals surface area contributed by atoms with Gasteiger partial charge in [0.1, 0.15) is 11.2 Å². The molecule has 1 aliphatic carbocycles. The fourth-order valence-electron chi connectivity index (χ4n) is 7.66. The lowest BCUT2D eigenvalue weighted by Crippen LogP contribution is -2.28. The van der Waals surface area contributed by atoms with E-state index in [1.54, 1.807) is 0 Å². The highest BCUT2D eigenvalue weighted by Crippen LogP contribution is 2.56. The molecule has 0 bridgehead atoms. The van der Waals surface area contributed by atoms with Crippen molar-refractivity contribution in [2.45, 2.75) is 12.3 Å². The summed E-state index contributed by atoms with van der Waals surface area (Å²) in [4.78, 5) is 0. The second kappa shape index (κ2) is 9.94. The summed E-state index contributed by atoms with van der Waals surface area (Å²) in [5.74, 6) is 0. The summed E-state index contributed by atoms with van der Waals surface area (Å²) in [6, 6.07) is 59.7. The maximum Gasteiger partial charge on any atom is 0.143 e. The van der Waals surface area contributed by atoms with Gasteiger partial charge in [-0.1, -0.05) is 164 Å². The van der Waals surface area contributed by atoms with Crippen molar-refractivity contribution in [2.24, 2.45) is 0 Å². The second-order valence-corrected chi connectivity index (χ2v) is 12.1. The molecule has 0 atom stereocenters. The van der Waals surface area contributed by atoms with Crippen LogP contribution in [0, 0.1) is 6.92 Å². The predicted octanol–water partition coefficient (Wildman–Crippen LogP) is 11.6. The van der Waals surface area contributed by atoms with Gasteiger partial charge in [0, 0.05) is 16.3 Å². The van der Waals surface area contributed by atoms with Gasteiger partial charge in [0.25, 0.3) is 0 Å². The molecule has 0 fully saturated rings. The molecule has 8 aromatic rings. The zero-order valence-electron chi connectivity index (χ0n) is 25.0. The summed E-state index contributed by atoms with van der Waals surface area (Å²) in [5, 5.41) is 2.32. The summed E-state index contributed by atoms with van der Waals surface area (Å²) >= 11 is 0. The molecule has 0 saturated heterocycles. The number of aryl methyl sites for hydroxylation is 1. The van der Waals surface area contributed by atoms with Crippen LogP contribution in [0.15, 0.2) is 168 Å². The van der Waals surface area contributed by atoms with Crippen LogP contribution in [0.25, 0.3) is 55.3 Å². The number of benzene rings is 7. The summed E-state index contributed by atoms with van der Waals surface area (Å²) < 4.78 is 6.53.